The average Bonchev–Trinajstić information content (AvgIpc) is 3.31. The number of carbonyl (C=O) groups excluding carboxylic acids is 2. The van der Waals surface area contributed by atoms with Gasteiger partial charge in [-0.15, -0.1) is 0 Å². The lowest BCUT2D eigenvalue weighted by molar-refractivity contribution is 0.0855. The second kappa shape index (κ2) is 8.80. The molecule has 1 aliphatic heterocycles. The Bertz CT molecular complexity index is 765. The van der Waals surface area contributed by atoms with E-state index in [-0.39, 0.29) is 29.4 Å². The smallest absolute Gasteiger partial charge is 0.287 e. The quantitative estimate of drug-likeness (QED) is 0.708. The summed E-state index contributed by atoms with van der Waals surface area (Å²) < 4.78 is 7.19. The first-order valence-corrected chi connectivity index (χ1v) is 9.35. The number of fused-ring (bicyclic) bond motifs is 1. The molecule has 1 fully saturated rings. The molecule has 3 heterocycles. The van der Waals surface area contributed by atoms with Crippen molar-refractivity contribution in [1.29, 1.82) is 0 Å². The maximum atomic E-state index is 12.6. The van der Waals surface area contributed by atoms with Crippen molar-refractivity contribution in [3.8, 4) is 0 Å². The summed E-state index contributed by atoms with van der Waals surface area (Å²) in [5, 5.41) is 5.75. The number of hydrogen-bond acceptors (Lipinski definition) is 4. The van der Waals surface area contributed by atoms with Gasteiger partial charge in [0.2, 0.25) is 5.82 Å². The summed E-state index contributed by atoms with van der Waals surface area (Å²) >= 11 is 0. The van der Waals surface area contributed by atoms with Crippen LogP contribution in [0.15, 0.2) is 24.4 Å². The average molecular weight is 358 g/mol. The van der Waals surface area contributed by atoms with Crippen LogP contribution in [0.25, 0.3) is 5.52 Å². The van der Waals surface area contributed by atoms with Gasteiger partial charge in [-0.25, -0.2) is 4.98 Å². The minimum absolute atomic E-state index is 0.0640. The van der Waals surface area contributed by atoms with Crippen molar-refractivity contribution < 1.29 is 14.3 Å². The standard InChI is InChI=1S/C19H26N4O3/c1-2-3-5-10-20-19(25)17-22-16(15-9-4-6-11-23(15)17)18(24)21-13-14-8-7-12-26-14/h4,6,9,11,14H,2-3,5,7-8,10,12-13H2,1H3,(H,20,25)(H,21,24). The highest BCUT2D eigenvalue weighted by Gasteiger charge is 2.22. The molecule has 0 saturated carbocycles. The Kier molecular flexibility index (Phi) is 6.22. The fourth-order valence-electron chi connectivity index (χ4n) is 3.12. The van der Waals surface area contributed by atoms with Gasteiger partial charge in [-0.3, -0.25) is 14.0 Å². The highest BCUT2D eigenvalue weighted by Crippen LogP contribution is 2.15. The molecule has 0 spiro atoms. The monoisotopic (exact) mass is 358 g/mol. The molecule has 7 heteroatoms. The molecule has 0 radical (unpaired) electrons. The van der Waals surface area contributed by atoms with Crippen LogP contribution in [0.3, 0.4) is 0 Å². The maximum Gasteiger partial charge on any atom is 0.287 e. The number of rotatable bonds is 8. The molecule has 2 amide bonds. The Morgan fingerprint density at radius 1 is 1.27 bits per heavy atom. The Balaban J connectivity index is 1.73. The fourth-order valence-corrected chi connectivity index (χ4v) is 3.12. The van der Waals surface area contributed by atoms with Gasteiger partial charge >= 0.3 is 0 Å². The summed E-state index contributed by atoms with van der Waals surface area (Å²) in [5.41, 5.74) is 0.887. The highest BCUT2D eigenvalue weighted by atomic mass is 16.5. The van der Waals surface area contributed by atoms with Crippen molar-refractivity contribution in [2.24, 2.45) is 0 Å². The number of ether oxygens (including phenoxy) is 1. The number of unbranched alkanes of at least 4 members (excludes halogenated alkanes) is 2. The van der Waals surface area contributed by atoms with Gasteiger partial charge in [-0.05, 0) is 31.4 Å². The molecule has 0 bridgehead atoms. The van der Waals surface area contributed by atoms with Crippen molar-refractivity contribution >= 4 is 17.3 Å². The second-order valence-corrected chi connectivity index (χ2v) is 6.55. The molecule has 26 heavy (non-hydrogen) atoms. The molecule has 0 aliphatic carbocycles. The minimum atomic E-state index is -0.283. The van der Waals surface area contributed by atoms with Gasteiger partial charge in [0.25, 0.3) is 11.8 Å². The first-order valence-electron chi connectivity index (χ1n) is 9.35. The first kappa shape index (κ1) is 18.4. The zero-order chi connectivity index (χ0) is 18.4. The van der Waals surface area contributed by atoms with Gasteiger partial charge in [0.15, 0.2) is 5.69 Å². The van der Waals surface area contributed by atoms with Gasteiger partial charge in [-0.2, -0.15) is 0 Å². The molecule has 2 aromatic rings. The van der Waals surface area contributed by atoms with E-state index in [2.05, 4.69) is 22.5 Å². The number of nitrogens with one attached hydrogen (secondary N) is 2. The minimum Gasteiger partial charge on any atom is -0.376 e. The van der Waals surface area contributed by atoms with Crippen molar-refractivity contribution in [2.75, 3.05) is 19.7 Å². The largest absolute Gasteiger partial charge is 0.376 e. The van der Waals surface area contributed by atoms with Crippen LogP contribution in [0.5, 0.6) is 0 Å². The normalized spacial score (nSPS) is 16.7. The topological polar surface area (TPSA) is 84.7 Å². The lowest BCUT2D eigenvalue weighted by Gasteiger charge is -2.09. The number of hydrogen-bond donors (Lipinski definition) is 2. The zero-order valence-corrected chi connectivity index (χ0v) is 15.2. The number of amides is 2. The molecule has 1 unspecified atom stereocenters. The van der Waals surface area contributed by atoms with Crippen LogP contribution < -0.4 is 10.6 Å². The van der Waals surface area contributed by atoms with Gasteiger partial charge in [0.05, 0.1) is 11.6 Å². The summed E-state index contributed by atoms with van der Waals surface area (Å²) in [4.78, 5) is 29.4. The molecule has 0 aromatic carbocycles. The summed E-state index contributed by atoms with van der Waals surface area (Å²) in [7, 11) is 0. The predicted octanol–water partition coefficient (Wildman–Crippen LogP) is 2.16. The molecular weight excluding hydrogens is 332 g/mol. The number of pyridine rings is 1. The van der Waals surface area contributed by atoms with Crippen LogP contribution in [0.2, 0.25) is 0 Å². The van der Waals surface area contributed by atoms with Crippen molar-refractivity contribution in [2.45, 2.75) is 45.1 Å². The Morgan fingerprint density at radius 2 is 2.15 bits per heavy atom. The van der Waals surface area contributed by atoms with Crippen molar-refractivity contribution in [3.63, 3.8) is 0 Å². The number of carbonyl (C=O) groups is 2. The van der Waals surface area contributed by atoms with E-state index < -0.39 is 0 Å². The number of nitrogens with zero attached hydrogens (tertiary/aromatic N) is 2. The molecule has 1 saturated heterocycles. The third kappa shape index (κ3) is 4.22. The molecular formula is C19H26N4O3. The first-order chi connectivity index (χ1) is 12.7. The molecule has 1 aliphatic rings. The van der Waals surface area contributed by atoms with E-state index in [1.807, 2.05) is 12.1 Å². The summed E-state index contributed by atoms with van der Waals surface area (Å²) in [6, 6.07) is 5.44. The van der Waals surface area contributed by atoms with Crippen LogP contribution in [0.1, 0.15) is 60.1 Å². The summed E-state index contributed by atoms with van der Waals surface area (Å²) in [6.45, 7) is 3.93. The molecule has 2 aromatic heterocycles. The lowest BCUT2D eigenvalue weighted by atomic mass is 10.2. The fraction of sp³-hybridized carbons (Fsp3) is 0.526. The Labute approximate surface area is 153 Å². The van der Waals surface area contributed by atoms with Crippen LogP contribution in [0, 0.1) is 0 Å². The Morgan fingerprint density at radius 3 is 2.92 bits per heavy atom. The van der Waals surface area contributed by atoms with E-state index in [0.29, 0.717) is 18.6 Å². The molecule has 7 nitrogen and oxygen atoms in total. The van der Waals surface area contributed by atoms with Crippen LogP contribution >= 0.6 is 0 Å². The van der Waals surface area contributed by atoms with Gasteiger partial charge < -0.3 is 15.4 Å². The SMILES string of the molecule is CCCCCNC(=O)c1nc(C(=O)NCC2CCCO2)c2ccccn12. The maximum absolute atomic E-state index is 12.6. The summed E-state index contributed by atoms with van der Waals surface area (Å²) in [5.74, 6) is -0.311. The van der Waals surface area contributed by atoms with Crippen LogP contribution in [-0.4, -0.2) is 47.0 Å². The van der Waals surface area contributed by atoms with Gasteiger partial charge in [0.1, 0.15) is 0 Å². The predicted molar refractivity (Wildman–Crippen MR) is 98.4 cm³/mol. The molecule has 1 atom stereocenters. The molecule has 2 N–H and O–H groups in total. The second-order valence-electron chi connectivity index (χ2n) is 6.55. The van der Waals surface area contributed by atoms with E-state index >= 15 is 0 Å². The number of imidazole rings is 1. The summed E-state index contributed by atoms with van der Waals surface area (Å²) in [6.07, 6.45) is 6.89. The van der Waals surface area contributed by atoms with Gasteiger partial charge in [0, 0.05) is 25.9 Å². The van der Waals surface area contributed by atoms with Crippen LogP contribution in [0.4, 0.5) is 0 Å². The zero-order valence-electron chi connectivity index (χ0n) is 15.2. The van der Waals surface area contributed by atoms with Crippen molar-refractivity contribution in [1.82, 2.24) is 20.0 Å². The number of aromatic nitrogens is 2. The van der Waals surface area contributed by atoms with Gasteiger partial charge in [-0.1, -0.05) is 25.8 Å². The third-order valence-electron chi connectivity index (χ3n) is 4.55. The van der Waals surface area contributed by atoms with E-state index in [1.54, 1.807) is 16.7 Å². The molecule has 140 valence electrons. The third-order valence-corrected chi connectivity index (χ3v) is 4.55. The van der Waals surface area contributed by atoms with E-state index in [1.165, 1.54) is 0 Å². The Hall–Kier alpha value is -2.41. The van der Waals surface area contributed by atoms with E-state index in [9.17, 15) is 9.59 Å². The highest BCUT2D eigenvalue weighted by molar-refractivity contribution is 6.02. The van der Waals surface area contributed by atoms with E-state index in [4.69, 9.17) is 4.74 Å². The molecule has 3 rings (SSSR count). The van der Waals surface area contributed by atoms with Crippen molar-refractivity contribution in [3.05, 3.63) is 35.9 Å². The van der Waals surface area contributed by atoms with E-state index in [0.717, 1.165) is 38.7 Å². The lowest BCUT2D eigenvalue weighted by Crippen LogP contribution is -2.32. The van der Waals surface area contributed by atoms with Crippen LogP contribution in [-0.2, 0) is 4.74 Å².